The van der Waals surface area contributed by atoms with E-state index in [4.69, 9.17) is 28.4 Å². The van der Waals surface area contributed by atoms with Gasteiger partial charge in [0.25, 0.3) is 0 Å². The molecule has 0 aliphatic carbocycles. The number of carbonyl (C=O) groups excluding carboxylic acids is 1. The molecule has 0 aromatic rings. The minimum absolute atomic E-state index is 0.236. The second-order valence-electron chi connectivity index (χ2n) is 29.2. The molecule has 19 heteroatoms. The molecule has 3 rings (SSSR count). The Labute approximate surface area is 600 Å². The largest absolute Gasteiger partial charge is 0.394 e. The number of amides is 1. The van der Waals surface area contributed by atoms with Crippen LogP contribution in [-0.4, -0.2) is 193 Å². The molecule has 0 saturated carbocycles. The zero-order valence-electron chi connectivity index (χ0n) is 62.2. The Morgan fingerprint density at radius 2 is 0.646 bits per heavy atom. The van der Waals surface area contributed by atoms with E-state index in [9.17, 15) is 61.0 Å². The minimum atomic E-state index is -1.98. The van der Waals surface area contributed by atoms with Crippen molar-refractivity contribution < 1.29 is 89.4 Å². The molecule has 0 radical (unpaired) electrons. The first-order valence-electron chi connectivity index (χ1n) is 40.7. The van der Waals surface area contributed by atoms with Crippen LogP contribution in [0, 0.1) is 0 Å². The molecule has 0 bridgehead atoms. The zero-order chi connectivity index (χ0) is 71.8. The van der Waals surface area contributed by atoms with E-state index in [-0.39, 0.29) is 18.9 Å². The monoisotopic (exact) mass is 1410 g/mol. The van der Waals surface area contributed by atoms with Crippen molar-refractivity contribution in [1.29, 1.82) is 0 Å². The van der Waals surface area contributed by atoms with Crippen LogP contribution in [0.15, 0.2) is 36.5 Å². The second-order valence-corrected chi connectivity index (χ2v) is 29.2. The highest BCUT2D eigenvalue weighted by Crippen LogP contribution is 2.33. The Balaban J connectivity index is 1.39. The van der Waals surface area contributed by atoms with E-state index in [1.54, 1.807) is 6.08 Å². The molecule has 3 fully saturated rings. The maximum atomic E-state index is 13.5. The van der Waals surface area contributed by atoms with Crippen molar-refractivity contribution in [2.45, 2.75) is 439 Å². The average molecular weight is 1410 g/mol. The fraction of sp³-hybridized carbons (Fsp3) is 0.912. The molecule has 0 aromatic carbocycles. The van der Waals surface area contributed by atoms with Crippen LogP contribution in [0.5, 0.6) is 0 Å². The van der Waals surface area contributed by atoms with E-state index >= 15 is 0 Å². The predicted molar refractivity (Wildman–Crippen MR) is 393 cm³/mol. The van der Waals surface area contributed by atoms with Crippen molar-refractivity contribution >= 4 is 5.91 Å². The van der Waals surface area contributed by atoms with Gasteiger partial charge in [-0.25, -0.2) is 0 Å². The summed E-state index contributed by atoms with van der Waals surface area (Å²) in [5.74, 6) is -0.282. The first kappa shape index (κ1) is 91.2. The summed E-state index contributed by atoms with van der Waals surface area (Å²) in [5, 5.41) is 121. The molecule has 3 aliphatic heterocycles. The quantitative estimate of drug-likeness (QED) is 0.0199. The van der Waals surface area contributed by atoms with Crippen molar-refractivity contribution in [2.75, 3.05) is 26.4 Å². The fourth-order valence-electron chi connectivity index (χ4n) is 13.9. The minimum Gasteiger partial charge on any atom is -0.394 e. The molecule has 17 unspecified atom stereocenters. The third-order valence-corrected chi connectivity index (χ3v) is 20.4. The fourth-order valence-corrected chi connectivity index (χ4v) is 13.9. The number of ether oxygens (including phenoxy) is 6. The van der Waals surface area contributed by atoms with Crippen molar-refractivity contribution in [2.24, 2.45) is 0 Å². The Morgan fingerprint density at radius 1 is 0.354 bits per heavy atom. The lowest BCUT2D eigenvalue weighted by atomic mass is 9.96. The van der Waals surface area contributed by atoms with Crippen LogP contribution < -0.4 is 5.32 Å². The van der Waals surface area contributed by atoms with E-state index in [1.165, 1.54) is 257 Å². The number of allylic oxidation sites excluding steroid dienone is 5. The van der Waals surface area contributed by atoms with Crippen LogP contribution in [0.2, 0.25) is 0 Å². The van der Waals surface area contributed by atoms with Crippen LogP contribution in [0.25, 0.3) is 0 Å². The number of hydrogen-bond donors (Lipinski definition) is 12. The molecule has 99 heavy (non-hydrogen) atoms. The number of aliphatic hydroxyl groups excluding tert-OH is 11. The zero-order valence-corrected chi connectivity index (χ0v) is 62.2. The van der Waals surface area contributed by atoms with Crippen molar-refractivity contribution in [1.82, 2.24) is 5.32 Å². The SMILES string of the molecule is CCCCCCCCCCCCCCCCCC/C=C/CC/C=C/CC/C=C/C(O)C(COC1OC(CO)C(OC2OC(CO)C(OC3OC(CO)C(O)C(O)C3O)C(O)C2O)C(O)C1O)NC(=O)CCCCCCCCCCCCCCCCCCCCCCCCCCCCCC. The number of aliphatic hydroxyl groups is 11. The summed E-state index contributed by atoms with van der Waals surface area (Å²) < 4.78 is 34.4. The Bertz CT molecular complexity index is 1930. The van der Waals surface area contributed by atoms with Gasteiger partial charge in [0, 0.05) is 6.42 Å². The first-order chi connectivity index (χ1) is 48.3. The van der Waals surface area contributed by atoms with E-state index in [1.807, 2.05) is 6.08 Å². The lowest BCUT2D eigenvalue weighted by Gasteiger charge is -2.48. The summed E-state index contributed by atoms with van der Waals surface area (Å²) in [5.41, 5.74) is 0. The molecule has 3 heterocycles. The van der Waals surface area contributed by atoms with Gasteiger partial charge in [-0.2, -0.15) is 0 Å². The van der Waals surface area contributed by atoms with E-state index in [0.717, 1.165) is 44.9 Å². The van der Waals surface area contributed by atoms with Crippen molar-refractivity contribution in [3.05, 3.63) is 36.5 Å². The second kappa shape index (κ2) is 61.2. The Kier molecular flexibility index (Phi) is 56.4. The number of carbonyl (C=O) groups is 1. The van der Waals surface area contributed by atoms with Gasteiger partial charge in [0.05, 0.1) is 38.6 Å². The first-order valence-corrected chi connectivity index (χ1v) is 40.7. The van der Waals surface area contributed by atoms with Crippen LogP contribution >= 0.6 is 0 Å². The van der Waals surface area contributed by atoms with Gasteiger partial charge < -0.3 is 89.9 Å². The van der Waals surface area contributed by atoms with Gasteiger partial charge >= 0.3 is 0 Å². The van der Waals surface area contributed by atoms with Gasteiger partial charge in [0.2, 0.25) is 5.91 Å². The number of rotatable bonds is 65. The summed E-state index contributed by atoms with van der Waals surface area (Å²) in [7, 11) is 0. The highest BCUT2D eigenvalue weighted by molar-refractivity contribution is 5.76. The molecular weight excluding hydrogens is 1260 g/mol. The summed E-state index contributed by atoms with van der Waals surface area (Å²) in [6.07, 6.45) is 48.6. The van der Waals surface area contributed by atoms with Crippen molar-refractivity contribution in [3.8, 4) is 0 Å². The van der Waals surface area contributed by atoms with Crippen LogP contribution in [0.1, 0.15) is 335 Å². The van der Waals surface area contributed by atoms with Gasteiger partial charge in [-0.05, 0) is 44.9 Å². The highest BCUT2D eigenvalue weighted by atomic mass is 16.8. The van der Waals surface area contributed by atoms with Gasteiger partial charge in [0.15, 0.2) is 18.9 Å². The average Bonchev–Trinajstić information content (AvgIpc) is 0.786. The highest BCUT2D eigenvalue weighted by Gasteiger charge is 2.54. The van der Waals surface area contributed by atoms with E-state index < -0.39 is 124 Å². The van der Waals surface area contributed by atoms with E-state index in [0.29, 0.717) is 12.8 Å². The lowest BCUT2D eigenvalue weighted by molar-refractivity contribution is -0.379. The lowest BCUT2D eigenvalue weighted by Crippen LogP contribution is -2.66. The summed E-state index contributed by atoms with van der Waals surface area (Å²) >= 11 is 0. The molecule has 0 aromatic heterocycles. The molecule has 3 aliphatic rings. The summed E-state index contributed by atoms with van der Waals surface area (Å²) in [6, 6.07) is -0.996. The number of unbranched alkanes of at least 4 members (excludes halogenated alkanes) is 45. The van der Waals surface area contributed by atoms with Crippen LogP contribution in [0.4, 0.5) is 0 Å². The topological polar surface area (TPSA) is 307 Å². The number of hydrogen-bond acceptors (Lipinski definition) is 18. The van der Waals surface area contributed by atoms with Gasteiger partial charge in [-0.15, -0.1) is 0 Å². The molecule has 19 nitrogen and oxygen atoms in total. The van der Waals surface area contributed by atoms with Crippen LogP contribution in [-0.2, 0) is 33.2 Å². The standard InChI is InChI=1S/C80H149NO18/c1-3-5-7-9-11-13-15-17-19-21-23-25-27-29-31-32-34-36-38-40-42-44-46-48-50-52-54-56-58-68(86)81-63(64(85)57-55-53-51-49-47-45-43-41-39-37-35-33-30-28-26-24-22-20-18-16-14-12-10-8-6-4-2)62-94-78-74(92)71(89)76(66(60-83)96-78)99-80-75(93)72(90)77(67(61-84)97-80)98-79-73(91)70(88)69(87)65(59-82)95-79/h39,41,47,49,55,57,63-67,69-80,82-85,87-93H,3-38,40,42-46,48,50-54,56,58-62H2,1-2H3,(H,81,86)/b41-39+,49-47+,57-55+. The molecule has 12 N–H and O–H groups in total. The predicted octanol–water partition coefficient (Wildman–Crippen LogP) is 13.5. The van der Waals surface area contributed by atoms with Gasteiger partial charge in [0.1, 0.15) is 73.2 Å². The molecule has 3 saturated heterocycles. The van der Waals surface area contributed by atoms with Crippen molar-refractivity contribution in [3.63, 3.8) is 0 Å². The maximum absolute atomic E-state index is 13.5. The summed E-state index contributed by atoms with van der Waals surface area (Å²) in [6.45, 7) is 1.77. The smallest absolute Gasteiger partial charge is 0.220 e. The molecule has 1 amide bonds. The van der Waals surface area contributed by atoms with Gasteiger partial charge in [-0.3, -0.25) is 4.79 Å². The summed E-state index contributed by atoms with van der Waals surface area (Å²) in [4.78, 5) is 13.5. The van der Waals surface area contributed by atoms with Gasteiger partial charge in [-0.1, -0.05) is 320 Å². The molecule has 0 spiro atoms. The third kappa shape index (κ3) is 41.5. The third-order valence-electron chi connectivity index (χ3n) is 20.4. The van der Waals surface area contributed by atoms with E-state index in [2.05, 4.69) is 43.5 Å². The maximum Gasteiger partial charge on any atom is 0.220 e. The Hall–Kier alpha value is -1.99. The number of nitrogens with one attached hydrogen (secondary N) is 1. The molecule has 17 atom stereocenters. The Morgan fingerprint density at radius 3 is 1.01 bits per heavy atom. The molecule has 582 valence electrons. The normalized spacial score (nSPS) is 26.7. The van der Waals surface area contributed by atoms with Crippen LogP contribution in [0.3, 0.4) is 0 Å². The molecular formula is C80H149NO18.